The topological polar surface area (TPSA) is 80.8 Å². The summed E-state index contributed by atoms with van der Waals surface area (Å²) in [6, 6.07) is 11.9. The van der Waals surface area contributed by atoms with E-state index < -0.39 is 0 Å². The monoisotopic (exact) mass is 341 g/mol. The number of hydrogen-bond donors (Lipinski definition) is 1. The SMILES string of the molecule is COc1cccc(NC(=O)c2cccc(C(=O)N3CCOCC3)n2)c1. The summed E-state index contributed by atoms with van der Waals surface area (Å²) in [5.41, 5.74) is 1.03. The van der Waals surface area contributed by atoms with E-state index >= 15 is 0 Å². The molecule has 1 aliphatic rings. The molecule has 130 valence electrons. The lowest BCUT2D eigenvalue weighted by atomic mass is 10.2. The number of benzene rings is 1. The van der Waals surface area contributed by atoms with Crippen LogP contribution in [0, 0.1) is 0 Å². The number of anilines is 1. The molecule has 1 fully saturated rings. The zero-order valence-corrected chi connectivity index (χ0v) is 13.9. The summed E-state index contributed by atoms with van der Waals surface area (Å²) in [7, 11) is 1.56. The molecule has 0 unspecified atom stereocenters. The van der Waals surface area contributed by atoms with Crippen molar-refractivity contribution in [3.05, 3.63) is 53.9 Å². The number of pyridine rings is 1. The molecule has 1 N–H and O–H groups in total. The molecule has 3 rings (SSSR count). The van der Waals surface area contributed by atoms with Crippen molar-refractivity contribution in [3.8, 4) is 5.75 Å². The first-order valence-electron chi connectivity index (χ1n) is 7.97. The van der Waals surface area contributed by atoms with Crippen LogP contribution in [-0.4, -0.2) is 55.1 Å². The summed E-state index contributed by atoms with van der Waals surface area (Å²) in [6.07, 6.45) is 0. The van der Waals surface area contributed by atoms with Crippen molar-refractivity contribution >= 4 is 17.5 Å². The van der Waals surface area contributed by atoms with E-state index in [9.17, 15) is 9.59 Å². The lowest BCUT2D eigenvalue weighted by Gasteiger charge is -2.26. The first-order valence-corrected chi connectivity index (χ1v) is 7.97. The standard InChI is InChI=1S/C18H19N3O4/c1-24-14-5-2-4-13(12-14)19-17(22)15-6-3-7-16(20-15)18(23)21-8-10-25-11-9-21/h2-7,12H,8-11H2,1H3,(H,19,22). The molecule has 0 saturated carbocycles. The Balaban J connectivity index is 1.73. The fourth-order valence-corrected chi connectivity index (χ4v) is 2.50. The van der Waals surface area contributed by atoms with E-state index in [-0.39, 0.29) is 23.2 Å². The van der Waals surface area contributed by atoms with Gasteiger partial charge in [0.25, 0.3) is 11.8 Å². The van der Waals surface area contributed by atoms with Gasteiger partial charge in [0, 0.05) is 24.8 Å². The number of rotatable bonds is 4. The highest BCUT2D eigenvalue weighted by molar-refractivity contribution is 6.04. The highest BCUT2D eigenvalue weighted by Crippen LogP contribution is 2.17. The van der Waals surface area contributed by atoms with Crippen LogP contribution in [0.1, 0.15) is 21.0 Å². The number of hydrogen-bond acceptors (Lipinski definition) is 5. The fourth-order valence-electron chi connectivity index (χ4n) is 2.50. The molecular formula is C18H19N3O4. The summed E-state index contributed by atoms with van der Waals surface area (Å²) in [6.45, 7) is 2.09. The van der Waals surface area contributed by atoms with Crippen molar-refractivity contribution < 1.29 is 19.1 Å². The number of nitrogens with one attached hydrogen (secondary N) is 1. The Labute approximate surface area is 145 Å². The Morgan fingerprint density at radius 3 is 2.60 bits per heavy atom. The highest BCUT2D eigenvalue weighted by Gasteiger charge is 2.20. The van der Waals surface area contributed by atoms with E-state index in [0.717, 1.165) is 0 Å². The van der Waals surface area contributed by atoms with Gasteiger partial charge in [0.1, 0.15) is 17.1 Å². The van der Waals surface area contributed by atoms with Crippen LogP contribution in [0.3, 0.4) is 0 Å². The minimum atomic E-state index is -0.384. The van der Waals surface area contributed by atoms with Crippen LogP contribution in [0.5, 0.6) is 5.75 Å². The Bertz CT molecular complexity index is 772. The van der Waals surface area contributed by atoms with Crippen LogP contribution >= 0.6 is 0 Å². The van der Waals surface area contributed by atoms with Crippen LogP contribution < -0.4 is 10.1 Å². The number of amides is 2. The summed E-state index contributed by atoms with van der Waals surface area (Å²) in [4.78, 5) is 30.8. The lowest BCUT2D eigenvalue weighted by Crippen LogP contribution is -2.41. The average molecular weight is 341 g/mol. The van der Waals surface area contributed by atoms with Crippen LogP contribution in [0.25, 0.3) is 0 Å². The third-order valence-electron chi connectivity index (χ3n) is 3.83. The molecule has 25 heavy (non-hydrogen) atoms. The van der Waals surface area contributed by atoms with Gasteiger partial charge < -0.3 is 19.7 Å². The number of morpholine rings is 1. The van der Waals surface area contributed by atoms with Gasteiger partial charge >= 0.3 is 0 Å². The van der Waals surface area contributed by atoms with Gasteiger partial charge in [-0.25, -0.2) is 4.98 Å². The molecule has 1 aromatic carbocycles. The van der Waals surface area contributed by atoms with Crippen LogP contribution in [0.15, 0.2) is 42.5 Å². The van der Waals surface area contributed by atoms with Crippen molar-refractivity contribution in [2.45, 2.75) is 0 Å². The minimum absolute atomic E-state index is 0.182. The molecule has 0 bridgehead atoms. The van der Waals surface area contributed by atoms with E-state index in [1.165, 1.54) is 0 Å². The van der Waals surface area contributed by atoms with E-state index in [4.69, 9.17) is 9.47 Å². The number of carbonyl (C=O) groups is 2. The van der Waals surface area contributed by atoms with Crippen molar-refractivity contribution in [2.75, 3.05) is 38.7 Å². The van der Waals surface area contributed by atoms with Crippen LogP contribution in [-0.2, 0) is 4.74 Å². The second-order valence-electron chi connectivity index (χ2n) is 5.50. The predicted octanol–water partition coefficient (Wildman–Crippen LogP) is 1.81. The van der Waals surface area contributed by atoms with Gasteiger partial charge in [-0.3, -0.25) is 9.59 Å². The van der Waals surface area contributed by atoms with Crippen molar-refractivity contribution in [2.24, 2.45) is 0 Å². The average Bonchev–Trinajstić information content (AvgIpc) is 2.68. The number of ether oxygens (including phenoxy) is 2. The normalized spacial score (nSPS) is 14.0. The van der Waals surface area contributed by atoms with Gasteiger partial charge in [-0.15, -0.1) is 0 Å². The second-order valence-corrected chi connectivity index (χ2v) is 5.50. The molecule has 1 aromatic heterocycles. The molecule has 7 nitrogen and oxygen atoms in total. The maximum Gasteiger partial charge on any atom is 0.274 e. The molecule has 2 aromatic rings. The van der Waals surface area contributed by atoms with Gasteiger partial charge in [0.05, 0.1) is 20.3 Å². The number of nitrogens with zero attached hydrogens (tertiary/aromatic N) is 2. The summed E-state index contributed by atoms with van der Waals surface area (Å²) >= 11 is 0. The van der Waals surface area contributed by atoms with Gasteiger partial charge in [0.2, 0.25) is 0 Å². The largest absolute Gasteiger partial charge is 0.497 e. The third kappa shape index (κ3) is 4.13. The maximum absolute atomic E-state index is 12.5. The Kier molecular flexibility index (Phi) is 5.25. The first kappa shape index (κ1) is 16.9. The zero-order valence-electron chi connectivity index (χ0n) is 13.9. The Hall–Kier alpha value is -2.93. The fraction of sp³-hybridized carbons (Fsp3) is 0.278. The number of methoxy groups -OCH3 is 1. The molecule has 0 radical (unpaired) electrons. The molecule has 1 saturated heterocycles. The second kappa shape index (κ2) is 7.76. The highest BCUT2D eigenvalue weighted by atomic mass is 16.5. The summed E-state index contributed by atoms with van der Waals surface area (Å²) in [5.74, 6) is 0.0613. The summed E-state index contributed by atoms with van der Waals surface area (Å²) < 4.78 is 10.4. The van der Waals surface area contributed by atoms with Gasteiger partial charge in [-0.05, 0) is 24.3 Å². The maximum atomic E-state index is 12.5. The Morgan fingerprint density at radius 1 is 1.12 bits per heavy atom. The zero-order chi connectivity index (χ0) is 17.6. The van der Waals surface area contributed by atoms with E-state index in [2.05, 4.69) is 10.3 Å². The summed E-state index contributed by atoms with van der Waals surface area (Å²) in [5, 5.41) is 2.75. The number of carbonyl (C=O) groups excluding carboxylic acids is 2. The van der Waals surface area contributed by atoms with E-state index in [1.807, 2.05) is 0 Å². The van der Waals surface area contributed by atoms with E-state index in [0.29, 0.717) is 37.7 Å². The van der Waals surface area contributed by atoms with Gasteiger partial charge in [-0.2, -0.15) is 0 Å². The Morgan fingerprint density at radius 2 is 1.84 bits per heavy atom. The van der Waals surface area contributed by atoms with E-state index in [1.54, 1.807) is 54.5 Å². The molecule has 0 spiro atoms. The molecule has 0 atom stereocenters. The predicted molar refractivity (Wildman–Crippen MR) is 91.9 cm³/mol. The van der Waals surface area contributed by atoms with Crippen LogP contribution in [0.4, 0.5) is 5.69 Å². The molecule has 2 amide bonds. The van der Waals surface area contributed by atoms with Crippen molar-refractivity contribution in [3.63, 3.8) is 0 Å². The third-order valence-corrected chi connectivity index (χ3v) is 3.83. The smallest absolute Gasteiger partial charge is 0.274 e. The van der Waals surface area contributed by atoms with Gasteiger partial charge in [-0.1, -0.05) is 12.1 Å². The molecular weight excluding hydrogens is 322 g/mol. The lowest BCUT2D eigenvalue weighted by molar-refractivity contribution is 0.0299. The van der Waals surface area contributed by atoms with Crippen molar-refractivity contribution in [1.82, 2.24) is 9.88 Å². The molecule has 0 aliphatic carbocycles. The first-order chi connectivity index (χ1) is 12.2. The van der Waals surface area contributed by atoms with Crippen molar-refractivity contribution in [1.29, 1.82) is 0 Å². The van der Waals surface area contributed by atoms with Crippen LogP contribution in [0.2, 0.25) is 0 Å². The minimum Gasteiger partial charge on any atom is -0.497 e. The molecule has 2 heterocycles. The number of aromatic nitrogens is 1. The molecule has 1 aliphatic heterocycles. The molecule has 7 heteroatoms. The van der Waals surface area contributed by atoms with Gasteiger partial charge in [0.15, 0.2) is 0 Å². The quantitative estimate of drug-likeness (QED) is 0.917.